The summed E-state index contributed by atoms with van der Waals surface area (Å²) >= 11 is 0. The molecule has 5 nitrogen and oxygen atoms in total. The number of hydrogen-bond donors (Lipinski definition) is 1. The summed E-state index contributed by atoms with van der Waals surface area (Å²) in [6.07, 6.45) is 0.705. The van der Waals surface area contributed by atoms with E-state index in [0.717, 1.165) is 22.4 Å². The van der Waals surface area contributed by atoms with E-state index in [2.05, 4.69) is 5.18 Å². The molecule has 3 rings (SSSR count). The van der Waals surface area contributed by atoms with E-state index >= 15 is 0 Å². The molecule has 1 aromatic heterocycles. The largest absolute Gasteiger partial charge is 0.494 e. The molecule has 0 aliphatic rings. The van der Waals surface area contributed by atoms with Crippen LogP contribution in [0.3, 0.4) is 0 Å². The highest BCUT2D eigenvalue weighted by Crippen LogP contribution is 2.40. The number of benzene rings is 2. The average Bonchev–Trinajstić information content (AvgIpc) is 2.84. The predicted octanol–water partition coefficient (Wildman–Crippen LogP) is 5.14. The van der Waals surface area contributed by atoms with Crippen LogP contribution in [0.25, 0.3) is 10.9 Å². The van der Waals surface area contributed by atoms with Crippen LogP contribution < -0.4 is 4.74 Å². The Balaban J connectivity index is 1.78. The van der Waals surface area contributed by atoms with Crippen LogP contribution in [0.1, 0.15) is 23.1 Å². The molecular formula is C20H22N2O3. The Morgan fingerprint density at radius 1 is 1.08 bits per heavy atom. The summed E-state index contributed by atoms with van der Waals surface area (Å²) in [6.45, 7) is 7.05. The molecule has 5 heteroatoms. The molecule has 0 aliphatic heterocycles. The third-order valence-electron chi connectivity index (χ3n) is 4.34. The Kier molecular flexibility index (Phi) is 4.74. The van der Waals surface area contributed by atoms with Crippen molar-refractivity contribution in [2.24, 2.45) is 5.18 Å². The molecule has 0 atom stereocenters. The summed E-state index contributed by atoms with van der Waals surface area (Å²) < 4.78 is 7.49. The Morgan fingerprint density at radius 3 is 2.48 bits per heavy atom. The van der Waals surface area contributed by atoms with E-state index in [1.54, 1.807) is 4.57 Å². The second kappa shape index (κ2) is 6.97. The molecule has 1 heterocycles. The van der Waals surface area contributed by atoms with Crippen molar-refractivity contribution in [1.29, 1.82) is 0 Å². The zero-order valence-corrected chi connectivity index (χ0v) is 14.7. The van der Waals surface area contributed by atoms with Crippen molar-refractivity contribution in [2.45, 2.75) is 33.7 Å². The number of nitrogens with zero attached hydrogens (tertiary/aromatic N) is 2. The molecule has 0 radical (unpaired) electrons. The third kappa shape index (κ3) is 3.36. The van der Waals surface area contributed by atoms with Crippen molar-refractivity contribution < 1.29 is 9.84 Å². The maximum atomic E-state index is 11.2. The Hall–Kier alpha value is -2.82. The second-order valence-electron chi connectivity index (χ2n) is 6.41. The summed E-state index contributed by atoms with van der Waals surface area (Å²) in [4.78, 5) is 11.2. The van der Waals surface area contributed by atoms with Gasteiger partial charge in [0.15, 0.2) is 5.69 Å². The van der Waals surface area contributed by atoms with Gasteiger partial charge in [-0.15, -0.1) is 4.91 Å². The van der Waals surface area contributed by atoms with Gasteiger partial charge in [0.25, 0.3) is 0 Å². The summed E-state index contributed by atoms with van der Waals surface area (Å²) in [5.74, 6) is 0.753. The first-order valence-electron chi connectivity index (χ1n) is 8.36. The molecule has 0 spiro atoms. The lowest BCUT2D eigenvalue weighted by Crippen LogP contribution is -2.05. The van der Waals surface area contributed by atoms with Gasteiger partial charge in [0, 0.05) is 11.9 Å². The fraction of sp³-hybridized carbons (Fsp3) is 0.300. The number of fused-ring (bicyclic) bond motifs is 1. The highest BCUT2D eigenvalue weighted by atomic mass is 16.5. The van der Waals surface area contributed by atoms with Gasteiger partial charge in [-0.1, -0.05) is 29.3 Å². The average molecular weight is 338 g/mol. The number of aryl methyl sites for hydroxylation is 4. The normalized spacial score (nSPS) is 11.0. The molecule has 2 aromatic carbocycles. The van der Waals surface area contributed by atoms with Crippen LogP contribution in [0.2, 0.25) is 0 Å². The second-order valence-corrected chi connectivity index (χ2v) is 6.41. The Bertz CT molecular complexity index is 911. The molecular weight excluding hydrogens is 316 g/mol. The van der Waals surface area contributed by atoms with E-state index in [1.165, 1.54) is 5.56 Å². The van der Waals surface area contributed by atoms with E-state index < -0.39 is 0 Å². The molecule has 0 fully saturated rings. The standard InChI is InChI=1S/C20H22N2O3/c1-13-5-7-16(8-6-13)25-10-4-9-22-19-15(3)11-14(2)12-17(19)18(21-24)20(22)23/h5-8,11-12,23H,4,9-10H2,1-3H3. The SMILES string of the molecule is Cc1ccc(OCCCn2c(O)c(N=O)c3cc(C)cc(C)c32)cc1. The minimum Gasteiger partial charge on any atom is -0.494 e. The third-order valence-corrected chi connectivity index (χ3v) is 4.34. The molecule has 0 bridgehead atoms. The number of ether oxygens (including phenoxy) is 1. The molecule has 0 saturated heterocycles. The van der Waals surface area contributed by atoms with Crippen LogP contribution in [0.5, 0.6) is 11.6 Å². The molecule has 0 unspecified atom stereocenters. The van der Waals surface area contributed by atoms with Crippen molar-refractivity contribution in [3.8, 4) is 11.6 Å². The van der Waals surface area contributed by atoms with Crippen LogP contribution in [-0.4, -0.2) is 16.3 Å². The molecule has 130 valence electrons. The van der Waals surface area contributed by atoms with Gasteiger partial charge in [-0.3, -0.25) is 0 Å². The minimum absolute atomic E-state index is 0.0750. The zero-order chi connectivity index (χ0) is 18.0. The highest BCUT2D eigenvalue weighted by Gasteiger charge is 2.19. The first-order chi connectivity index (χ1) is 12.0. The fourth-order valence-electron chi connectivity index (χ4n) is 3.21. The van der Waals surface area contributed by atoms with Crippen molar-refractivity contribution in [1.82, 2.24) is 4.57 Å². The van der Waals surface area contributed by atoms with Crippen molar-refractivity contribution in [3.63, 3.8) is 0 Å². The lowest BCUT2D eigenvalue weighted by molar-refractivity contribution is 0.298. The van der Waals surface area contributed by atoms with Gasteiger partial charge >= 0.3 is 0 Å². The maximum Gasteiger partial charge on any atom is 0.222 e. The molecule has 0 amide bonds. The predicted molar refractivity (Wildman–Crippen MR) is 99.8 cm³/mol. The summed E-state index contributed by atoms with van der Waals surface area (Å²) in [6, 6.07) is 11.8. The fourth-order valence-corrected chi connectivity index (χ4v) is 3.21. The lowest BCUT2D eigenvalue weighted by Gasteiger charge is -2.10. The molecule has 0 saturated carbocycles. The monoisotopic (exact) mass is 338 g/mol. The van der Waals surface area contributed by atoms with Gasteiger partial charge in [0.1, 0.15) is 5.75 Å². The lowest BCUT2D eigenvalue weighted by atomic mass is 10.1. The van der Waals surface area contributed by atoms with Gasteiger partial charge < -0.3 is 14.4 Å². The summed E-state index contributed by atoms with van der Waals surface area (Å²) in [5.41, 5.74) is 4.21. The molecule has 0 aliphatic carbocycles. The van der Waals surface area contributed by atoms with E-state index in [1.807, 2.05) is 57.2 Å². The van der Waals surface area contributed by atoms with Crippen molar-refractivity contribution >= 4 is 16.6 Å². The van der Waals surface area contributed by atoms with Crippen LogP contribution in [0, 0.1) is 25.7 Å². The van der Waals surface area contributed by atoms with Gasteiger partial charge in [-0.05, 0) is 56.1 Å². The number of aromatic nitrogens is 1. The summed E-state index contributed by atoms with van der Waals surface area (Å²) in [7, 11) is 0. The van der Waals surface area contributed by atoms with Crippen LogP contribution in [-0.2, 0) is 6.54 Å². The number of aromatic hydroxyl groups is 1. The number of nitroso groups, excluding NO2 is 1. The first kappa shape index (κ1) is 17.0. The molecule has 1 N–H and O–H groups in total. The molecule has 25 heavy (non-hydrogen) atoms. The van der Waals surface area contributed by atoms with E-state index in [0.29, 0.717) is 25.0 Å². The van der Waals surface area contributed by atoms with Gasteiger partial charge in [0.2, 0.25) is 5.88 Å². The van der Waals surface area contributed by atoms with Crippen molar-refractivity contribution in [3.05, 3.63) is 58.0 Å². The topological polar surface area (TPSA) is 63.8 Å². The number of rotatable bonds is 6. The maximum absolute atomic E-state index is 11.2. The Labute approximate surface area is 146 Å². The van der Waals surface area contributed by atoms with E-state index in [-0.39, 0.29) is 11.6 Å². The smallest absolute Gasteiger partial charge is 0.222 e. The first-order valence-corrected chi connectivity index (χ1v) is 8.36. The highest BCUT2D eigenvalue weighted by molar-refractivity contribution is 5.97. The van der Waals surface area contributed by atoms with E-state index in [4.69, 9.17) is 4.74 Å². The van der Waals surface area contributed by atoms with Gasteiger partial charge in [-0.2, -0.15) is 0 Å². The van der Waals surface area contributed by atoms with Crippen LogP contribution >= 0.6 is 0 Å². The molecule has 3 aromatic rings. The van der Waals surface area contributed by atoms with Gasteiger partial charge in [-0.25, -0.2) is 0 Å². The van der Waals surface area contributed by atoms with Crippen molar-refractivity contribution in [2.75, 3.05) is 6.61 Å². The van der Waals surface area contributed by atoms with Gasteiger partial charge in [0.05, 0.1) is 12.1 Å². The zero-order valence-electron chi connectivity index (χ0n) is 14.7. The Morgan fingerprint density at radius 2 is 1.80 bits per heavy atom. The van der Waals surface area contributed by atoms with Crippen LogP contribution in [0.15, 0.2) is 41.6 Å². The van der Waals surface area contributed by atoms with Crippen LogP contribution in [0.4, 0.5) is 5.69 Å². The number of hydrogen-bond acceptors (Lipinski definition) is 4. The minimum atomic E-state index is -0.0750. The quantitative estimate of drug-likeness (QED) is 0.500. The summed E-state index contributed by atoms with van der Waals surface area (Å²) in [5, 5.41) is 14.1. The van der Waals surface area contributed by atoms with E-state index in [9.17, 15) is 10.0 Å².